The predicted octanol–water partition coefficient (Wildman–Crippen LogP) is 6.39. The average Bonchev–Trinajstić information content (AvgIpc) is 3.47. The SMILES string of the molecule is Cc1cc(O)c(-c2n[nH]c3c2C(c2ccc(Cl)c(Cl)c2)N(Cc2ccco2)C3=O)cc1Cl. The van der Waals surface area contributed by atoms with Gasteiger partial charge < -0.3 is 14.4 Å². The third-order valence-electron chi connectivity index (χ3n) is 5.56. The quantitative estimate of drug-likeness (QED) is 0.349. The van der Waals surface area contributed by atoms with Gasteiger partial charge in [-0.05, 0) is 54.4 Å². The zero-order chi connectivity index (χ0) is 22.6. The Bertz CT molecular complexity index is 1350. The molecule has 0 fully saturated rings. The molecule has 32 heavy (non-hydrogen) atoms. The number of phenols is 1. The van der Waals surface area contributed by atoms with Crippen molar-refractivity contribution < 1.29 is 14.3 Å². The van der Waals surface area contributed by atoms with Crippen molar-refractivity contribution in [2.75, 3.05) is 0 Å². The summed E-state index contributed by atoms with van der Waals surface area (Å²) in [6.07, 6.45) is 1.56. The molecule has 1 amide bonds. The number of fused-ring (bicyclic) bond motifs is 1. The Balaban J connectivity index is 1.71. The van der Waals surface area contributed by atoms with E-state index in [9.17, 15) is 9.90 Å². The zero-order valence-corrected chi connectivity index (χ0v) is 19.0. The molecule has 6 nitrogen and oxygen atoms in total. The van der Waals surface area contributed by atoms with Gasteiger partial charge in [-0.15, -0.1) is 0 Å². The summed E-state index contributed by atoms with van der Waals surface area (Å²) in [5.41, 5.74) is 3.30. The molecule has 0 bridgehead atoms. The van der Waals surface area contributed by atoms with Gasteiger partial charge in [0, 0.05) is 16.1 Å². The molecule has 1 unspecified atom stereocenters. The van der Waals surface area contributed by atoms with Crippen LogP contribution in [0.15, 0.2) is 53.1 Å². The van der Waals surface area contributed by atoms with Gasteiger partial charge in [-0.1, -0.05) is 40.9 Å². The minimum absolute atomic E-state index is 0.0195. The molecule has 1 aliphatic rings. The van der Waals surface area contributed by atoms with E-state index in [1.165, 1.54) is 0 Å². The first kappa shape index (κ1) is 20.9. The number of hydrogen-bond donors (Lipinski definition) is 2. The summed E-state index contributed by atoms with van der Waals surface area (Å²) in [4.78, 5) is 15.0. The minimum atomic E-state index is -0.536. The Morgan fingerprint density at radius 2 is 1.94 bits per heavy atom. The molecule has 9 heteroatoms. The molecule has 5 rings (SSSR count). The highest BCUT2D eigenvalue weighted by atomic mass is 35.5. The maximum Gasteiger partial charge on any atom is 0.273 e. The summed E-state index contributed by atoms with van der Waals surface area (Å²) < 4.78 is 5.48. The first-order valence-corrected chi connectivity index (χ1v) is 10.8. The number of furan rings is 1. The van der Waals surface area contributed by atoms with E-state index >= 15 is 0 Å². The fraction of sp³-hybridized carbons (Fsp3) is 0.130. The standard InChI is InChI=1S/C23H16Cl3N3O3/c1-11-7-18(30)14(9-16(11)25)20-19-21(28-27-20)23(31)29(10-13-3-2-6-32-13)22(19)12-4-5-15(24)17(26)8-12/h2-9,22,30H,10H2,1H3,(H,27,28). The Morgan fingerprint density at radius 3 is 2.66 bits per heavy atom. The highest BCUT2D eigenvalue weighted by Crippen LogP contribution is 2.46. The monoisotopic (exact) mass is 487 g/mol. The Kier molecular flexibility index (Phi) is 5.16. The molecule has 0 spiro atoms. The van der Waals surface area contributed by atoms with Gasteiger partial charge in [-0.25, -0.2) is 0 Å². The average molecular weight is 489 g/mol. The molecule has 3 heterocycles. The zero-order valence-electron chi connectivity index (χ0n) is 16.7. The normalized spacial score (nSPS) is 15.4. The number of aromatic nitrogens is 2. The van der Waals surface area contributed by atoms with E-state index in [-0.39, 0.29) is 18.2 Å². The molecule has 162 valence electrons. The van der Waals surface area contributed by atoms with E-state index < -0.39 is 6.04 Å². The number of H-pyrrole nitrogens is 1. The molecule has 1 aliphatic heterocycles. The van der Waals surface area contributed by atoms with Crippen LogP contribution in [0.5, 0.6) is 5.75 Å². The van der Waals surface area contributed by atoms with Crippen LogP contribution in [0.2, 0.25) is 15.1 Å². The van der Waals surface area contributed by atoms with E-state index in [0.717, 1.165) is 11.1 Å². The van der Waals surface area contributed by atoms with Crippen molar-refractivity contribution in [3.05, 3.63) is 91.9 Å². The minimum Gasteiger partial charge on any atom is -0.507 e. The Morgan fingerprint density at radius 1 is 1.12 bits per heavy atom. The Labute approximate surface area is 198 Å². The van der Waals surface area contributed by atoms with Crippen molar-refractivity contribution in [3.8, 4) is 17.0 Å². The van der Waals surface area contributed by atoms with Crippen molar-refractivity contribution in [3.63, 3.8) is 0 Å². The number of nitrogens with zero attached hydrogens (tertiary/aromatic N) is 2. The number of aromatic hydroxyl groups is 1. The number of aryl methyl sites for hydroxylation is 1. The number of carbonyl (C=O) groups is 1. The van der Waals surface area contributed by atoms with Gasteiger partial charge in [0.1, 0.15) is 22.9 Å². The molecule has 2 aromatic carbocycles. The topological polar surface area (TPSA) is 82.4 Å². The molecule has 2 N–H and O–H groups in total. The van der Waals surface area contributed by atoms with Crippen molar-refractivity contribution >= 4 is 40.7 Å². The predicted molar refractivity (Wildman–Crippen MR) is 122 cm³/mol. The van der Waals surface area contributed by atoms with Crippen LogP contribution < -0.4 is 0 Å². The van der Waals surface area contributed by atoms with Crippen molar-refractivity contribution in [2.45, 2.75) is 19.5 Å². The van der Waals surface area contributed by atoms with Gasteiger partial charge in [0.15, 0.2) is 0 Å². The first-order chi connectivity index (χ1) is 15.3. The molecule has 0 aliphatic carbocycles. The molecule has 0 radical (unpaired) electrons. The lowest BCUT2D eigenvalue weighted by atomic mass is 9.95. The number of nitrogens with one attached hydrogen (secondary N) is 1. The third kappa shape index (κ3) is 3.35. The number of benzene rings is 2. The van der Waals surface area contributed by atoms with Crippen LogP contribution in [0, 0.1) is 6.92 Å². The van der Waals surface area contributed by atoms with E-state index in [2.05, 4.69) is 10.2 Å². The van der Waals surface area contributed by atoms with Crippen molar-refractivity contribution in [2.24, 2.45) is 0 Å². The third-order valence-corrected chi connectivity index (χ3v) is 6.71. The van der Waals surface area contributed by atoms with Gasteiger partial charge in [-0.3, -0.25) is 9.89 Å². The number of amides is 1. The van der Waals surface area contributed by atoms with Gasteiger partial charge in [0.05, 0.1) is 28.9 Å². The van der Waals surface area contributed by atoms with Crippen LogP contribution in [-0.2, 0) is 6.54 Å². The summed E-state index contributed by atoms with van der Waals surface area (Å²) in [5.74, 6) is 0.402. The van der Waals surface area contributed by atoms with Gasteiger partial charge in [0.2, 0.25) is 0 Å². The molecule has 0 saturated heterocycles. The lowest BCUT2D eigenvalue weighted by molar-refractivity contribution is 0.0717. The number of carbonyl (C=O) groups excluding carboxylic acids is 1. The van der Waals surface area contributed by atoms with Crippen LogP contribution in [0.25, 0.3) is 11.3 Å². The highest BCUT2D eigenvalue weighted by molar-refractivity contribution is 6.42. The molecule has 0 saturated carbocycles. The summed E-state index contributed by atoms with van der Waals surface area (Å²) in [7, 11) is 0. The van der Waals surface area contributed by atoms with E-state index in [1.807, 2.05) is 6.07 Å². The van der Waals surface area contributed by atoms with E-state index in [0.29, 0.717) is 43.3 Å². The van der Waals surface area contributed by atoms with Crippen LogP contribution in [0.3, 0.4) is 0 Å². The van der Waals surface area contributed by atoms with Gasteiger partial charge in [-0.2, -0.15) is 5.10 Å². The van der Waals surface area contributed by atoms with Crippen LogP contribution in [0.1, 0.15) is 39.0 Å². The molecule has 4 aromatic rings. The van der Waals surface area contributed by atoms with E-state index in [4.69, 9.17) is 39.2 Å². The number of halogens is 3. The fourth-order valence-electron chi connectivity index (χ4n) is 4.02. The van der Waals surface area contributed by atoms with Crippen LogP contribution in [0.4, 0.5) is 0 Å². The summed E-state index contributed by atoms with van der Waals surface area (Å²) >= 11 is 18.8. The van der Waals surface area contributed by atoms with Crippen LogP contribution in [-0.4, -0.2) is 26.1 Å². The number of aromatic amines is 1. The molecular formula is C23H16Cl3N3O3. The van der Waals surface area contributed by atoms with Crippen molar-refractivity contribution in [1.29, 1.82) is 0 Å². The maximum absolute atomic E-state index is 13.4. The maximum atomic E-state index is 13.4. The molecule has 1 atom stereocenters. The molecular weight excluding hydrogens is 473 g/mol. The Hall–Kier alpha value is -2.93. The summed E-state index contributed by atoms with van der Waals surface area (Å²) in [6, 6.07) is 11.5. The lowest BCUT2D eigenvalue weighted by Gasteiger charge is -2.26. The second-order valence-electron chi connectivity index (χ2n) is 7.57. The second-order valence-corrected chi connectivity index (χ2v) is 8.79. The summed E-state index contributed by atoms with van der Waals surface area (Å²) in [6.45, 7) is 2.04. The second kappa shape index (κ2) is 7.89. The number of rotatable bonds is 4. The molecule has 2 aromatic heterocycles. The summed E-state index contributed by atoms with van der Waals surface area (Å²) in [5, 5.41) is 19.1. The largest absolute Gasteiger partial charge is 0.507 e. The van der Waals surface area contributed by atoms with Crippen LogP contribution >= 0.6 is 34.8 Å². The van der Waals surface area contributed by atoms with Gasteiger partial charge >= 0.3 is 0 Å². The first-order valence-electron chi connectivity index (χ1n) is 9.71. The lowest BCUT2D eigenvalue weighted by Crippen LogP contribution is -2.29. The smallest absolute Gasteiger partial charge is 0.273 e. The van der Waals surface area contributed by atoms with Crippen molar-refractivity contribution in [1.82, 2.24) is 15.1 Å². The number of phenolic OH excluding ortho intramolecular Hbond substituents is 1. The van der Waals surface area contributed by atoms with Gasteiger partial charge in [0.25, 0.3) is 5.91 Å². The van der Waals surface area contributed by atoms with E-state index in [1.54, 1.807) is 54.5 Å². The highest BCUT2D eigenvalue weighted by Gasteiger charge is 2.43. The fourth-order valence-corrected chi connectivity index (χ4v) is 4.49. The number of hydrogen-bond acceptors (Lipinski definition) is 4.